The van der Waals surface area contributed by atoms with Crippen LogP contribution in [0.4, 0.5) is 4.79 Å². The number of urea groups is 1. The zero-order valence-electron chi connectivity index (χ0n) is 13.5. The van der Waals surface area contributed by atoms with E-state index in [4.69, 9.17) is 0 Å². The fourth-order valence-corrected chi connectivity index (χ4v) is 3.06. The maximum atomic E-state index is 12.3. The van der Waals surface area contributed by atoms with Crippen LogP contribution in [-0.4, -0.2) is 90.1 Å². The minimum Gasteiger partial charge on any atom is -0.322 e. The van der Waals surface area contributed by atoms with Crippen molar-refractivity contribution in [2.45, 2.75) is 39.8 Å². The highest BCUT2D eigenvalue weighted by Gasteiger charge is 2.29. The second kappa shape index (κ2) is 6.76. The standard InChI is InChI=1S/C15H30N4O/c1-13(2)16-5-6-17(14(3)4)8-10-19-12-11-18(9-7-16)15(19)20/h13-14H,5-12H2,1-4H3. The second-order valence-electron chi connectivity index (χ2n) is 6.52. The average molecular weight is 282 g/mol. The van der Waals surface area contributed by atoms with Gasteiger partial charge in [0, 0.05) is 64.4 Å². The molecule has 0 aliphatic carbocycles. The fraction of sp³-hybridized carbons (Fsp3) is 0.933. The zero-order chi connectivity index (χ0) is 14.7. The summed E-state index contributed by atoms with van der Waals surface area (Å²) in [6.07, 6.45) is 0. The first kappa shape index (κ1) is 15.6. The number of nitrogens with zero attached hydrogens (tertiary/aromatic N) is 4. The molecule has 0 aromatic heterocycles. The highest BCUT2D eigenvalue weighted by atomic mass is 16.2. The van der Waals surface area contributed by atoms with Crippen molar-refractivity contribution in [1.82, 2.24) is 19.6 Å². The van der Waals surface area contributed by atoms with Gasteiger partial charge in [0.15, 0.2) is 0 Å². The number of amides is 2. The molecule has 0 saturated carbocycles. The Morgan fingerprint density at radius 1 is 0.650 bits per heavy atom. The molecule has 2 heterocycles. The van der Waals surface area contributed by atoms with E-state index in [0.717, 1.165) is 52.4 Å². The van der Waals surface area contributed by atoms with Gasteiger partial charge in [0.2, 0.25) is 0 Å². The van der Waals surface area contributed by atoms with Crippen LogP contribution in [0, 0.1) is 0 Å². The third-order valence-electron chi connectivity index (χ3n) is 4.63. The van der Waals surface area contributed by atoms with Crippen LogP contribution in [0.15, 0.2) is 0 Å². The Balaban J connectivity index is 2.07. The Bertz CT molecular complexity index is 302. The number of carbonyl (C=O) groups is 1. The minimum atomic E-state index is 0.235. The molecule has 0 unspecified atom stereocenters. The van der Waals surface area contributed by atoms with Crippen molar-refractivity contribution in [2.75, 3.05) is 52.4 Å². The lowest BCUT2D eigenvalue weighted by Gasteiger charge is -2.32. The van der Waals surface area contributed by atoms with Gasteiger partial charge in [-0.25, -0.2) is 4.79 Å². The van der Waals surface area contributed by atoms with Crippen LogP contribution in [0.3, 0.4) is 0 Å². The molecule has 2 bridgehead atoms. The Kier molecular flexibility index (Phi) is 5.27. The summed E-state index contributed by atoms with van der Waals surface area (Å²) < 4.78 is 0. The lowest BCUT2D eigenvalue weighted by Crippen LogP contribution is -2.44. The molecule has 2 amide bonds. The van der Waals surface area contributed by atoms with Crippen LogP contribution in [0.5, 0.6) is 0 Å². The molecule has 2 aliphatic rings. The quantitative estimate of drug-likeness (QED) is 0.761. The van der Waals surface area contributed by atoms with Crippen molar-refractivity contribution in [3.63, 3.8) is 0 Å². The maximum Gasteiger partial charge on any atom is 0.320 e. The van der Waals surface area contributed by atoms with Gasteiger partial charge >= 0.3 is 6.03 Å². The summed E-state index contributed by atoms with van der Waals surface area (Å²) in [4.78, 5) is 21.3. The molecule has 2 fully saturated rings. The van der Waals surface area contributed by atoms with E-state index < -0.39 is 0 Å². The third-order valence-corrected chi connectivity index (χ3v) is 4.63. The van der Waals surface area contributed by atoms with Gasteiger partial charge in [-0.05, 0) is 27.7 Å². The predicted octanol–water partition coefficient (Wildman–Crippen LogP) is 1.16. The van der Waals surface area contributed by atoms with Crippen LogP contribution in [0.1, 0.15) is 27.7 Å². The van der Waals surface area contributed by atoms with Crippen LogP contribution in [0.2, 0.25) is 0 Å². The lowest BCUT2D eigenvalue weighted by molar-refractivity contribution is 0.146. The monoisotopic (exact) mass is 282 g/mol. The average Bonchev–Trinajstić information content (AvgIpc) is 2.70. The van der Waals surface area contributed by atoms with Crippen molar-refractivity contribution in [2.24, 2.45) is 0 Å². The molecular weight excluding hydrogens is 252 g/mol. The summed E-state index contributed by atoms with van der Waals surface area (Å²) in [7, 11) is 0. The van der Waals surface area contributed by atoms with Gasteiger partial charge < -0.3 is 9.80 Å². The van der Waals surface area contributed by atoms with Gasteiger partial charge in [0.25, 0.3) is 0 Å². The highest BCUT2D eigenvalue weighted by molar-refractivity contribution is 5.76. The minimum absolute atomic E-state index is 0.235. The molecule has 5 heteroatoms. The first-order valence-electron chi connectivity index (χ1n) is 8.01. The van der Waals surface area contributed by atoms with E-state index >= 15 is 0 Å². The number of hydrogen-bond donors (Lipinski definition) is 0. The van der Waals surface area contributed by atoms with Crippen molar-refractivity contribution < 1.29 is 4.79 Å². The Hall–Kier alpha value is -0.810. The summed E-state index contributed by atoms with van der Waals surface area (Å²) >= 11 is 0. The van der Waals surface area contributed by atoms with Gasteiger partial charge in [-0.2, -0.15) is 0 Å². The molecule has 0 N–H and O–H groups in total. The summed E-state index contributed by atoms with van der Waals surface area (Å²) in [5, 5.41) is 0. The van der Waals surface area contributed by atoms with E-state index in [-0.39, 0.29) is 6.03 Å². The molecule has 0 aromatic carbocycles. The third kappa shape index (κ3) is 3.64. The van der Waals surface area contributed by atoms with Gasteiger partial charge in [-0.3, -0.25) is 9.80 Å². The van der Waals surface area contributed by atoms with Crippen molar-refractivity contribution >= 4 is 6.03 Å². The number of fused-ring (bicyclic) bond motifs is 2. The Labute approximate surface area is 123 Å². The number of rotatable bonds is 2. The molecule has 2 aliphatic heterocycles. The molecule has 20 heavy (non-hydrogen) atoms. The fourth-order valence-electron chi connectivity index (χ4n) is 3.06. The Morgan fingerprint density at radius 2 is 0.950 bits per heavy atom. The summed E-state index contributed by atoms with van der Waals surface area (Å²) in [6.45, 7) is 16.7. The van der Waals surface area contributed by atoms with E-state index in [1.54, 1.807) is 0 Å². The molecular formula is C15H30N4O. The van der Waals surface area contributed by atoms with Crippen LogP contribution < -0.4 is 0 Å². The molecule has 0 spiro atoms. The first-order chi connectivity index (χ1) is 9.49. The molecule has 0 atom stereocenters. The first-order valence-corrected chi connectivity index (χ1v) is 8.01. The summed E-state index contributed by atoms with van der Waals surface area (Å²) in [6, 6.07) is 1.32. The Morgan fingerprint density at radius 3 is 1.30 bits per heavy atom. The van der Waals surface area contributed by atoms with Crippen molar-refractivity contribution in [1.29, 1.82) is 0 Å². The largest absolute Gasteiger partial charge is 0.322 e. The van der Waals surface area contributed by atoms with E-state index in [2.05, 4.69) is 37.5 Å². The van der Waals surface area contributed by atoms with Gasteiger partial charge in [0.05, 0.1) is 0 Å². The van der Waals surface area contributed by atoms with Crippen LogP contribution in [0.25, 0.3) is 0 Å². The van der Waals surface area contributed by atoms with E-state index in [9.17, 15) is 4.79 Å². The predicted molar refractivity (Wildman–Crippen MR) is 82.0 cm³/mol. The van der Waals surface area contributed by atoms with E-state index in [0.29, 0.717) is 12.1 Å². The molecule has 2 saturated heterocycles. The molecule has 116 valence electrons. The molecule has 5 nitrogen and oxygen atoms in total. The SMILES string of the molecule is CC(C)N1CCN2CCN(CCN(C(C)C)CC1)C2=O. The maximum absolute atomic E-state index is 12.3. The summed E-state index contributed by atoms with van der Waals surface area (Å²) in [5.74, 6) is 0. The second-order valence-corrected chi connectivity index (χ2v) is 6.52. The lowest BCUT2D eigenvalue weighted by atomic mass is 10.2. The smallest absolute Gasteiger partial charge is 0.320 e. The van der Waals surface area contributed by atoms with Gasteiger partial charge in [-0.15, -0.1) is 0 Å². The molecule has 0 aromatic rings. The molecule has 2 rings (SSSR count). The van der Waals surface area contributed by atoms with Gasteiger partial charge in [-0.1, -0.05) is 0 Å². The van der Waals surface area contributed by atoms with Crippen LogP contribution in [-0.2, 0) is 0 Å². The normalized spacial score (nSPS) is 23.8. The van der Waals surface area contributed by atoms with E-state index in [1.807, 2.05) is 9.80 Å². The van der Waals surface area contributed by atoms with Crippen molar-refractivity contribution in [3.05, 3.63) is 0 Å². The van der Waals surface area contributed by atoms with E-state index in [1.165, 1.54) is 0 Å². The highest BCUT2D eigenvalue weighted by Crippen LogP contribution is 2.12. The number of carbonyl (C=O) groups excluding carboxylic acids is 1. The molecule has 0 radical (unpaired) electrons. The van der Waals surface area contributed by atoms with Gasteiger partial charge in [0.1, 0.15) is 0 Å². The topological polar surface area (TPSA) is 30.0 Å². The van der Waals surface area contributed by atoms with Crippen LogP contribution >= 0.6 is 0 Å². The number of hydrogen-bond acceptors (Lipinski definition) is 3. The summed E-state index contributed by atoms with van der Waals surface area (Å²) in [5.41, 5.74) is 0. The van der Waals surface area contributed by atoms with Crippen molar-refractivity contribution in [3.8, 4) is 0 Å². The zero-order valence-corrected chi connectivity index (χ0v) is 13.5.